The minimum atomic E-state index is -0.573. The zero-order valence-electron chi connectivity index (χ0n) is 21.4. The Kier molecular flexibility index (Phi) is 8.67. The Bertz CT molecular complexity index is 1590. The molecule has 3 N–H and O–H groups in total. The molecule has 1 aromatic heterocycles. The number of rotatable bonds is 10. The van der Waals surface area contributed by atoms with Crippen LogP contribution in [-0.4, -0.2) is 35.3 Å². The normalized spacial score (nSPS) is 10.6. The number of amides is 1. The van der Waals surface area contributed by atoms with Crippen molar-refractivity contribution >= 4 is 23.8 Å². The molecule has 1 amide bonds. The smallest absolute Gasteiger partial charge is 0.270 e. The van der Waals surface area contributed by atoms with Crippen molar-refractivity contribution in [3.63, 3.8) is 0 Å². The summed E-state index contributed by atoms with van der Waals surface area (Å²) in [6, 6.07) is 23.5. The minimum Gasteiger partial charge on any atom is -0.490 e. The Balaban J connectivity index is 1.44. The van der Waals surface area contributed by atoms with Gasteiger partial charge in [-0.05, 0) is 55.3 Å². The van der Waals surface area contributed by atoms with Crippen LogP contribution in [0.1, 0.15) is 23.6 Å². The maximum atomic E-state index is 12.4. The van der Waals surface area contributed by atoms with Crippen molar-refractivity contribution in [2.75, 3.05) is 24.0 Å². The number of hydrazone groups is 1. The Morgan fingerprint density at radius 3 is 2.64 bits per heavy atom. The van der Waals surface area contributed by atoms with E-state index in [2.05, 4.69) is 25.8 Å². The molecule has 39 heavy (non-hydrogen) atoms. The molecular formula is C29H26N6O4. The van der Waals surface area contributed by atoms with Crippen LogP contribution in [0.3, 0.4) is 0 Å². The highest BCUT2D eigenvalue weighted by molar-refractivity contribution is 5.92. The molecule has 0 spiro atoms. The predicted molar refractivity (Wildman–Crippen MR) is 149 cm³/mol. The molecular weight excluding hydrogens is 496 g/mol. The van der Waals surface area contributed by atoms with Gasteiger partial charge in [-0.15, -0.1) is 0 Å². The van der Waals surface area contributed by atoms with Crippen molar-refractivity contribution in [2.24, 2.45) is 5.10 Å². The monoisotopic (exact) mass is 522 g/mol. The first kappa shape index (κ1) is 26.6. The van der Waals surface area contributed by atoms with Crippen molar-refractivity contribution in [2.45, 2.75) is 13.8 Å². The fraction of sp³-hybridized carbons (Fsp3) is 0.138. The lowest BCUT2D eigenvalue weighted by Gasteiger charge is -2.13. The van der Waals surface area contributed by atoms with Gasteiger partial charge in [0.2, 0.25) is 5.95 Å². The number of aryl methyl sites for hydroxylation is 1. The van der Waals surface area contributed by atoms with Crippen LogP contribution in [0.5, 0.6) is 11.5 Å². The zero-order valence-corrected chi connectivity index (χ0v) is 21.4. The number of carbonyl (C=O) groups excluding carboxylic acids is 1. The van der Waals surface area contributed by atoms with Gasteiger partial charge in [-0.3, -0.25) is 14.6 Å². The molecule has 0 saturated heterocycles. The molecule has 0 unspecified atom stereocenters. The molecule has 0 aliphatic heterocycles. The second-order valence-electron chi connectivity index (χ2n) is 8.33. The lowest BCUT2D eigenvalue weighted by molar-refractivity contribution is -0.118. The second kappa shape index (κ2) is 12.7. The molecule has 0 saturated carbocycles. The molecule has 4 rings (SSSR count). The van der Waals surface area contributed by atoms with Crippen molar-refractivity contribution in [1.29, 1.82) is 5.26 Å². The van der Waals surface area contributed by atoms with E-state index >= 15 is 0 Å². The summed E-state index contributed by atoms with van der Waals surface area (Å²) in [4.78, 5) is 31.6. The number of aromatic amines is 1. The molecule has 196 valence electrons. The van der Waals surface area contributed by atoms with Gasteiger partial charge in [-0.1, -0.05) is 42.5 Å². The van der Waals surface area contributed by atoms with E-state index in [1.54, 1.807) is 42.5 Å². The van der Waals surface area contributed by atoms with Gasteiger partial charge in [-0.25, -0.2) is 10.4 Å². The number of nitriles is 1. The number of nitrogens with zero attached hydrogens (tertiary/aromatic N) is 3. The number of H-pyrrole nitrogens is 1. The first-order valence-corrected chi connectivity index (χ1v) is 12.1. The number of ether oxygens (including phenoxy) is 2. The van der Waals surface area contributed by atoms with Gasteiger partial charge in [0.25, 0.3) is 11.5 Å². The molecule has 1 heterocycles. The number of hydrogen-bond donors (Lipinski definition) is 3. The molecule has 0 aliphatic rings. The minimum absolute atomic E-state index is 0.0821. The van der Waals surface area contributed by atoms with E-state index in [9.17, 15) is 14.9 Å². The van der Waals surface area contributed by atoms with E-state index < -0.39 is 5.56 Å². The molecule has 3 aromatic carbocycles. The Labute approximate surface area is 225 Å². The van der Waals surface area contributed by atoms with E-state index in [4.69, 9.17) is 9.47 Å². The van der Waals surface area contributed by atoms with Crippen molar-refractivity contribution < 1.29 is 14.3 Å². The van der Waals surface area contributed by atoms with Gasteiger partial charge >= 0.3 is 0 Å². The SMILES string of the molecule is CCOc1cc(C=NNc2nc(-c3ccccc3)c(C#N)c(=O)[nH]2)ccc1OCC(=O)Nc1cccc(C)c1. The second-order valence-corrected chi connectivity index (χ2v) is 8.33. The van der Waals surface area contributed by atoms with Crippen molar-refractivity contribution in [1.82, 2.24) is 9.97 Å². The first-order chi connectivity index (χ1) is 19.0. The average Bonchev–Trinajstić information content (AvgIpc) is 2.93. The quantitative estimate of drug-likeness (QED) is 0.206. The maximum Gasteiger partial charge on any atom is 0.270 e. The summed E-state index contributed by atoms with van der Waals surface area (Å²) in [6.45, 7) is 3.99. The third-order valence-corrected chi connectivity index (χ3v) is 5.39. The molecule has 10 heteroatoms. The van der Waals surface area contributed by atoms with Gasteiger partial charge in [-0.2, -0.15) is 10.4 Å². The summed E-state index contributed by atoms with van der Waals surface area (Å²) in [6.07, 6.45) is 1.51. The fourth-order valence-corrected chi connectivity index (χ4v) is 3.66. The van der Waals surface area contributed by atoms with Crippen molar-refractivity contribution in [3.8, 4) is 28.8 Å². The number of benzene rings is 3. The number of carbonyl (C=O) groups is 1. The lowest BCUT2D eigenvalue weighted by atomic mass is 10.1. The van der Waals surface area contributed by atoms with Crippen LogP contribution in [0.4, 0.5) is 11.6 Å². The fourth-order valence-electron chi connectivity index (χ4n) is 3.66. The van der Waals surface area contributed by atoms with Gasteiger partial charge < -0.3 is 14.8 Å². The van der Waals surface area contributed by atoms with E-state index in [-0.39, 0.29) is 29.7 Å². The summed E-state index contributed by atoms with van der Waals surface area (Å²) in [7, 11) is 0. The summed E-state index contributed by atoms with van der Waals surface area (Å²) in [5.74, 6) is 0.642. The van der Waals surface area contributed by atoms with Crippen LogP contribution in [0.15, 0.2) is 82.7 Å². The highest BCUT2D eigenvalue weighted by Crippen LogP contribution is 2.28. The maximum absolute atomic E-state index is 12.4. The van der Waals surface area contributed by atoms with Crippen LogP contribution in [0, 0.1) is 18.3 Å². The van der Waals surface area contributed by atoms with Crippen LogP contribution >= 0.6 is 0 Å². The summed E-state index contributed by atoms with van der Waals surface area (Å²) >= 11 is 0. The van der Waals surface area contributed by atoms with Crippen molar-refractivity contribution in [3.05, 3.63) is 99.8 Å². The van der Waals surface area contributed by atoms with Crippen LogP contribution in [0.2, 0.25) is 0 Å². The summed E-state index contributed by atoms with van der Waals surface area (Å²) in [5, 5.41) is 16.4. The number of anilines is 2. The molecule has 10 nitrogen and oxygen atoms in total. The van der Waals surface area contributed by atoms with Gasteiger partial charge in [0.1, 0.15) is 11.6 Å². The number of hydrogen-bond acceptors (Lipinski definition) is 8. The van der Waals surface area contributed by atoms with E-state index in [1.807, 2.05) is 50.2 Å². The van der Waals surface area contributed by atoms with Crippen LogP contribution in [0.25, 0.3) is 11.3 Å². The Hall–Kier alpha value is -5.43. The average molecular weight is 523 g/mol. The third-order valence-electron chi connectivity index (χ3n) is 5.39. The number of aromatic nitrogens is 2. The molecule has 0 aliphatic carbocycles. The molecule has 0 fully saturated rings. The third kappa shape index (κ3) is 7.08. The number of nitrogens with one attached hydrogen (secondary N) is 3. The Morgan fingerprint density at radius 1 is 1.08 bits per heavy atom. The van der Waals surface area contributed by atoms with Crippen LogP contribution in [-0.2, 0) is 4.79 Å². The standard InChI is InChI=1S/C29H26N6O4/c1-3-38-25-15-20(12-13-24(25)39-18-26(36)32-22-11-7-8-19(2)14-22)17-31-35-29-33-27(21-9-5-4-6-10-21)23(16-30)28(37)34-29/h4-15,17H,3,18H2,1-2H3,(H,32,36)(H2,33,34,35,37). The van der Waals surface area contributed by atoms with Gasteiger partial charge in [0.15, 0.2) is 18.1 Å². The highest BCUT2D eigenvalue weighted by atomic mass is 16.5. The predicted octanol–water partition coefficient (Wildman–Crippen LogP) is 4.48. The molecule has 0 atom stereocenters. The van der Waals surface area contributed by atoms with E-state index in [0.717, 1.165) is 5.56 Å². The zero-order chi connectivity index (χ0) is 27.6. The van der Waals surface area contributed by atoms with E-state index in [0.29, 0.717) is 34.9 Å². The molecule has 4 aromatic rings. The van der Waals surface area contributed by atoms with E-state index in [1.165, 1.54) is 6.21 Å². The first-order valence-electron chi connectivity index (χ1n) is 12.1. The topological polar surface area (TPSA) is 141 Å². The van der Waals surface area contributed by atoms with Gasteiger partial charge in [0, 0.05) is 11.3 Å². The summed E-state index contributed by atoms with van der Waals surface area (Å²) in [5.41, 5.74) is 5.34. The molecule has 0 bridgehead atoms. The van der Waals surface area contributed by atoms with Crippen LogP contribution < -0.4 is 25.8 Å². The van der Waals surface area contributed by atoms with Gasteiger partial charge in [0.05, 0.1) is 18.5 Å². The molecule has 0 radical (unpaired) electrons. The Morgan fingerprint density at radius 2 is 1.90 bits per heavy atom. The summed E-state index contributed by atoms with van der Waals surface area (Å²) < 4.78 is 11.4. The largest absolute Gasteiger partial charge is 0.490 e. The highest BCUT2D eigenvalue weighted by Gasteiger charge is 2.13. The lowest BCUT2D eigenvalue weighted by Crippen LogP contribution is -2.20.